The van der Waals surface area contributed by atoms with Gasteiger partial charge in [-0.3, -0.25) is 0 Å². The van der Waals surface area contributed by atoms with Crippen molar-refractivity contribution >= 4 is 15.9 Å². The van der Waals surface area contributed by atoms with Crippen LogP contribution in [0.2, 0.25) is 0 Å². The van der Waals surface area contributed by atoms with Crippen molar-refractivity contribution < 1.29 is 4.74 Å². The SMILES string of the molecule is CNC(Cc1cc(Br)ccc1OC)c1cc(C)nnc1C. The smallest absolute Gasteiger partial charge is 0.122 e. The molecule has 1 atom stereocenters. The maximum absolute atomic E-state index is 5.46. The maximum atomic E-state index is 5.46. The Kier molecular flexibility index (Phi) is 5.31. The number of benzene rings is 1. The van der Waals surface area contributed by atoms with Crippen LogP contribution in [-0.4, -0.2) is 24.4 Å². The molecule has 1 heterocycles. The van der Waals surface area contributed by atoms with Gasteiger partial charge in [0.05, 0.1) is 18.5 Å². The summed E-state index contributed by atoms with van der Waals surface area (Å²) in [5.41, 5.74) is 4.21. The van der Waals surface area contributed by atoms with E-state index in [0.29, 0.717) is 0 Å². The Balaban J connectivity index is 2.35. The number of likely N-dealkylation sites (N-methyl/N-ethyl adjacent to an activating group) is 1. The average molecular weight is 350 g/mol. The van der Waals surface area contributed by atoms with Gasteiger partial charge in [0.25, 0.3) is 0 Å². The molecule has 0 aliphatic carbocycles. The third kappa shape index (κ3) is 3.80. The molecule has 2 rings (SSSR count). The summed E-state index contributed by atoms with van der Waals surface area (Å²) in [6.07, 6.45) is 0.824. The Morgan fingerprint density at radius 2 is 2.00 bits per heavy atom. The van der Waals surface area contributed by atoms with Gasteiger partial charge < -0.3 is 10.1 Å². The van der Waals surface area contributed by atoms with Crippen LogP contribution in [0.4, 0.5) is 0 Å². The van der Waals surface area contributed by atoms with E-state index < -0.39 is 0 Å². The fourth-order valence-corrected chi connectivity index (χ4v) is 2.83. The Morgan fingerprint density at radius 1 is 1.24 bits per heavy atom. The number of rotatable bonds is 5. The molecule has 112 valence electrons. The van der Waals surface area contributed by atoms with Crippen LogP contribution in [0.1, 0.15) is 28.6 Å². The van der Waals surface area contributed by atoms with E-state index in [-0.39, 0.29) is 6.04 Å². The molecule has 0 amide bonds. The van der Waals surface area contributed by atoms with E-state index in [0.717, 1.165) is 33.6 Å². The number of methoxy groups -OCH3 is 1. The molecule has 0 saturated carbocycles. The maximum Gasteiger partial charge on any atom is 0.122 e. The van der Waals surface area contributed by atoms with Gasteiger partial charge in [0.2, 0.25) is 0 Å². The van der Waals surface area contributed by atoms with E-state index in [1.54, 1.807) is 7.11 Å². The van der Waals surface area contributed by atoms with Crippen LogP contribution in [0, 0.1) is 13.8 Å². The molecule has 1 unspecified atom stereocenters. The highest BCUT2D eigenvalue weighted by molar-refractivity contribution is 9.10. The summed E-state index contributed by atoms with van der Waals surface area (Å²) in [4.78, 5) is 0. The summed E-state index contributed by atoms with van der Waals surface area (Å²) in [6.45, 7) is 3.95. The molecule has 2 aromatic rings. The highest BCUT2D eigenvalue weighted by Gasteiger charge is 2.16. The lowest BCUT2D eigenvalue weighted by Gasteiger charge is -2.20. The molecule has 0 aliphatic heterocycles. The van der Waals surface area contributed by atoms with Crippen LogP contribution in [0.5, 0.6) is 5.75 Å². The number of aryl methyl sites for hydroxylation is 2. The monoisotopic (exact) mass is 349 g/mol. The van der Waals surface area contributed by atoms with E-state index >= 15 is 0 Å². The van der Waals surface area contributed by atoms with E-state index in [1.165, 1.54) is 5.56 Å². The molecule has 5 heteroatoms. The van der Waals surface area contributed by atoms with Crippen molar-refractivity contribution in [2.45, 2.75) is 26.3 Å². The number of aromatic nitrogens is 2. The molecule has 4 nitrogen and oxygen atoms in total. The van der Waals surface area contributed by atoms with E-state index in [9.17, 15) is 0 Å². The molecule has 0 radical (unpaired) electrons. The molecular formula is C16H20BrN3O. The van der Waals surface area contributed by atoms with Gasteiger partial charge in [0, 0.05) is 10.5 Å². The number of nitrogens with one attached hydrogen (secondary N) is 1. The molecule has 0 aliphatic rings. The van der Waals surface area contributed by atoms with Gasteiger partial charge in [0.15, 0.2) is 0 Å². The zero-order chi connectivity index (χ0) is 15.4. The number of nitrogens with zero attached hydrogens (tertiary/aromatic N) is 2. The minimum Gasteiger partial charge on any atom is -0.496 e. The van der Waals surface area contributed by atoms with E-state index in [1.807, 2.05) is 33.0 Å². The van der Waals surface area contributed by atoms with Crippen molar-refractivity contribution in [1.82, 2.24) is 15.5 Å². The highest BCUT2D eigenvalue weighted by atomic mass is 79.9. The lowest BCUT2D eigenvalue weighted by atomic mass is 9.97. The van der Waals surface area contributed by atoms with Crippen LogP contribution in [0.25, 0.3) is 0 Å². The van der Waals surface area contributed by atoms with Crippen molar-refractivity contribution in [2.24, 2.45) is 0 Å². The van der Waals surface area contributed by atoms with E-state index in [4.69, 9.17) is 4.74 Å². The third-order valence-electron chi connectivity index (χ3n) is 3.53. The van der Waals surface area contributed by atoms with Crippen molar-refractivity contribution in [2.75, 3.05) is 14.2 Å². The first-order valence-corrected chi connectivity index (χ1v) is 7.65. The fourth-order valence-electron chi connectivity index (χ4n) is 2.42. The lowest BCUT2D eigenvalue weighted by molar-refractivity contribution is 0.406. The normalized spacial score (nSPS) is 12.2. The first-order valence-electron chi connectivity index (χ1n) is 6.85. The molecular weight excluding hydrogens is 330 g/mol. The van der Waals surface area contributed by atoms with Gasteiger partial charge in [0.1, 0.15) is 5.75 Å². The number of hydrogen-bond acceptors (Lipinski definition) is 4. The Hall–Kier alpha value is -1.46. The second-order valence-electron chi connectivity index (χ2n) is 5.03. The first kappa shape index (κ1) is 15.9. The summed E-state index contributed by atoms with van der Waals surface area (Å²) in [5.74, 6) is 0.898. The molecule has 0 spiro atoms. The van der Waals surface area contributed by atoms with Gasteiger partial charge in [-0.15, -0.1) is 0 Å². The minimum atomic E-state index is 0.169. The van der Waals surface area contributed by atoms with Crippen LogP contribution in [-0.2, 0) is 6.42 Å². The summed E-state index contributed by atoms with van der Waals surface area (Å²) in [5, 5.41) is 11.7. The molecule has 0 saturated heterocycles. The van der Waals surface area contributed by atoms with Crippen molar-refractivity contribution in [3.8, 4) is 5.75 Å². The highest BCUT2D eigenvalue weighted by Crippen LogP contribution is 2.28. The average Bonchev–Trinajstić information content (AvgIpc) is 2.47. The Bertz CT molecular complexity index is 631. The fraction of sp³-hybridized carbons (Fsp3) is 0.375. The number of ether oxygens (including phenoxy) is 1. The predicted molar refractivity (Wildman–Crippen MR) is 87.7 cm³/mol. The Labute approximate surface area is 134 Å². The van der Waals surface area contributed by atoms with Gasteiger partial charge in [-0.1, -0.05) is 15.9 Å². The zero-order valence-corrected chi connectivity index (χ0v) is 14.4. The molecule has 1 aromatic heterocycles. The van der Waals surface area contributed by atoms with Crippen LogP contribution < -0.4 is 10.1 Å². The lowest BCUT2D eigenvalue weighted by Crippen LogP contribution is -2.21. The topological polar surface area (TPSA) is 47.0 Å². The molecule has 0 bridgehead atoms. The van der Waals surface area contributed by atoms with Crippen molar-refractivity contribution in [1.29, 1.82) is 0 Å². The van der Waals surface area contributed by atoms with E-state index in [2.05, 4.69) is 43.6 Å². The standard InChI is InChI=1S/C16H20BrN3O/c1-10-7-14(11(2)20-19-10)15(18-3)9-12-8-13(17)5-6-16(12)21-4/h5-8,15,18H,9H2,1-4H3. The van der Waals surface area contributed by atoms with Crippen LogP contribution in [0.15, 0.2) is 28.7 Å². The number of hydrogen-bond donors (Lipinski definition) is 1. The largest absolute Gasteiger partial charge is 0.496 e. The van der Waals surface area contributed by atoms with Gasteiger partial charge >= 0.3 is 0 Å². The predicted octanol–water partition coefficient (Wildman–Crippen LogP) is 3.37. The second kappa shape index (κ2) is 7.00. The summed E-state index contributed by atoms with van der Waals surface area (Å²) < 4.78 is 6.51. The molecule has 0 fully saturated rings. The van der Waals surface area contributed by atoms with Crippen LogP contribution >= 0.6 is 15.9 Å². The summed E-state index contributed by atoms with van der Waals surface area (Å²) in [6, 6.07) is 8.32. The summed E-state index contributed by atoms with van der Waals surface area (Å²) >= 11 is 3.52. The number of halogens is 1. The molecule has 21 heavy (non-hydrogen) atoms. The summed E-state index contributed by atoms with van der Waals surface area (Å²) in [7, 11) is 3.66. The second-order valence-corrected chi connectivity index (χ2v) is 5.94. The molecule has 1 aromatic carbocycles. The Morgan fingerprint density at radius 3 is 2.67 bits per heavy atom. The quantitative estimate of drug-likeness (QED) is 0.898. The molecule has 1 N–H and O–H groups in total. The zero-order valence-electron chi connectivity index (χ0n) is 12.8. The van der Waals surface area contributed by atoms with Gasteiger partial charge in [-0.2, -0.15) is 10.2 Å². The first-order chi connectivity index (χ1) is 10.0. The third-order valence-corrected chi connectivity index (χ3v) is 4.02. The van der Waals surface area contributed by atoms with Gasteiger partial charge in [-0.25, -0.2) is 0 Å². The van der Waals surface area contributed by atoms with Crippen molar-refractivity contribution in [3.63, 3.8) is 0 Å². The van der Waals surface area contributed by atoms with Crippen LogP contribution in [0.3, 0.4) is 0 Å². The minimum absolute atomic E-state index is 0.169. The van der Waals surface area contributed by atoms with Gasteiger partial charge in [-0.05, 0) is 62.7 Å². The van der Waals surface area contributed by atoms with Crippen molar-refractivity contribution in [3.05, 3.63) is 51.3 Å².